The molecular weight excluding hydrogens is 288 g/mol. The minimum Gasteiger partial charge on any atom is -0.298 e. The maximum Gasteiger partial charge on any atom is 0.0537 e. The molecule has 3 heterocycles. The van der Waals surface area contributed by atoms with E-state index in [0.29, 0.717) is 0 Å². The third-order valence-corrected chi connectivity index (χ3v) is 5.14. The van der Waals surface area contributed by atoms with Crippen LogP contribution in [0.5, 0.6) is 0 Å². The Morgan fingerprint density at radius 3 is 1.57 bits per heavy atom. The number of aryl methyl sites for hydroxylation is 2. The summed E-state index contributed by atoms with van der Waals surface area (Å²) in [5, 5.41) is 8.72. The van der Waals surface area contributed by atoms with Crippen LogP contribution in [-0.4, -0.2) is 55.5 Å². The molecule has 0 spiro atoms. The van der Waals surface area contributed by atoms with Crippen molar-refractivity contribution in [3.8, 4) is 0 Å². The van der Waals surface area contributed by atoms with E-state index in [1.807, 2.05) is 35.9 Å². The van der Waals surface area contributed by atoms with Crippen LogP contribution in [0.25, 0.3) is 0 Å². The van der Waals surface area contributed by atoms with Crippen molar-refractivity contribution in [3.63, 3.8) is 0 Å². The van der Waals surface area contributed by atoms with Gasteiger partial charge in [0, 0.05) is 62.8 Å². The molecule has 0 aliphatic carbocycles. The normalized spacial score (nSPS) is 17.6. The van der Waals surface area contributed by atoms with Crippen molar-refractivity contribution in [1.82, 2.24) is 29.4 Å². The second-order valence-corrected chi connectivity index (χ2v) is 6.66. The zero-order chi connectivity index (χ0) is 16.4. The van der Waals surface area contributed by atoms with Gasteiger partial charge in [-0.3, -0.25) is 19.2 Å². The smallest absolute Gasteiger partial charge is 0.0537 e. The maximum atomic E-state index is 4.36. The highest BCUT2D eigenvalue weighted by Gasteiger charge is 2.18. The molecule has 2 aromatic heterocycles. The average molecular weight is 316 g/mol. The lowest BCUT2D eigenvalue weighted by molar-refractivity contribution is 0.246. The molecule has 1 aliphatic heterocycles. The van der Waals surface area contributed by atoms with Crippen molar-refractivity contribution in [2.24, 2.45) is 14.1 Å². The fourth-order valence-electron chi connectivity index (χ4n) is 3.22. The lowest BCUT2D eigenvalue weighted by Crippen LogP contribution is -2.30. The third kappa shape index (κ3) is 3.64. The van der Waals surface area contributed by atoms with Gasteiger partial charge in [-0.1, -0.05) is 0 Å². The van der Waals surface area contributed by atoms with Crippen molar-refractivity contribution >= 4 is 0 Å². The molecule has 0 atom stereocenters. The molecule has 2 aromatic rings. The highest BCUT2D eigenvalue weighted by molar-refractivity contribution is 5.16. The first-order valence-corrected chi connectivity index (χ1v) is 8.44. The van der Waals surface area contributed by atoms with Crippen molar-refractivity contribution in [2.45, 2.75) is 33.4 Å². The van der Waals surface area contributed by atoms with Crippen molar-refractivity contribution in [3.05, 3.63) is 34.9 Å². The van der Waals surface area contributed by atoms with Crippen LogP contribution in [0, 0.1) is 13.8 Å². The van der Waals surface area contributed by atoms with Gasteiger partial charge < -0.3 is 0 Å². The highest BCUT2D eigenvalue weighted by Crippen LogP contribution is 2.15. The summed E-state index contributed by atoms with van der Waals surface area (Å²) in [6, 6.07) is 0. The van der Waals surface area contributed by atoms with Gasteiger partial charge in [-0.2, -0.15) is 10.2 Å². The lowest BCUT2D eigenvalue weighted by atomic mass is 10.2. The van der Waals surface area contributed by atoms with E-state index < -0.39 is 0 Å². The van der Waals surface area contributed by atoms with Gasteiger partial charge in [0.15, 0.2) is 0 Å². The third-order valence-electron chi connectivity index (χ3n) is 5.14. The molecule has 1 aliphatic rings. The molecular formula is C17H28N6. The van der Waals surface area contributed by atoms with Gasteiger partial charge in [-0.05, 0) is 33.4 Å². The zero-order valence-electron chi connectivity index (χ0n) is 14.8. The predicted octanol–water partition coefficient (Wildman–Crippen LogP) is 1.48. The van der Waals surface area contributed by atoms with Gasteiger partial charge >= 0.3 is 0 Å². The molecule has 1 saturated heterocycles. The summed E-state index contributed by atoms with van der Waals surface area (Å²) in [7, 11) is 4.03. The van der Waals surface area contributed by atoms with Gasteiger partial charge in [0.05, 0.1) is 12.4 Å². The van der Waals surface area contributed by atoms with Crippen LogP contribution in [0.4, 0.5) is 0 Å². The number of hydrogen-bond donors (Lipinski definition) is 0. The molecule has 0 unspecified atom stereocenters. The molecule has 0 aromatic carbocycles. The van der Waals surface area contributed by atoms with Gasteiger partial charge in [0.25, 0.3) is 0 Å². The number of rotatable bonds is 4. The summed E-state index contributed by atoms with van der Waals surface area (Å²) in [6.07, 6.45) is 5.24. The van der Waals surface area contributed by atoms with E-state index in [0.717, 1.165) is 39.3 Å². The van der Waals surface area contributed by atoms with E-state index in [1.54, 1.807) is 0 Å². The summed E-state index contributed by atoms with van der Waals surface area (Å²) >= 11 is 0. The molecule has 0 radical (unpaired) electrons. The van der Waals surface area contributed by atoms with E-state index >= 15 is 0 Å². The van der Waals surface area contributed by atoms with Crippen molar-refractivity contribution in [2.75, 3.05) is 26.2 Å². The molecule has 6 nitrogen and oxygen atoms in total. The van der Waals surface area contributed by atoms with Crippen LogP contribution in [0.15, 0.2) is 12.4 Å². The fraction of sp³-hybridized carbons (Fsp3) is 0.647. The molecule has 6 heteroatoms. The summed E-state index contributed by atoms with van der Waals surface area (Å²) in [4.78, 5) is 5.11. The first-order chi connectivity index (χ1) is 11.0. The molecule has 1 fully saturated rings. The molecule has 23 heavy (non-hydrogen) atoms. The van der Waals surface area contributed by atoms with Crippen LogP contribution in [0.1, 0.15) is 28.9 Å². The van der Waals surface area contributed by atoms with Gasteiger partial charge in [0.2, 0.25) is 0 Å². The largest absolute Gasteiger partial charge is 0.298 e. The van der Waals surface area contributed by atoms with E-state index in [9.17, 15) is 0 Å². The van der Waals surface area contributed by atoms with Crippen LogP contribution in [0.3, 0.4) is 0 Å². The average Bonchev–Trinajstić information content (AvgIpc) is 2.92. The molecule has 0 N–H and O–H groups in total. The molecule has 0 saturated carbocycles. The SMILES string of the molecule is Cc1c(CN2CCCN(Cc3cnn(C)c3C)CC2)cnn1C. The predicted molar refractivity (Wildman–Crippen MR) is 91.1 cm³/mol. The summed E-state index contributed by atoms with van der Waals surface area (Å²) in [5.74, 6) is 0. The van der Waals surface area contributed by atoms with Crippen LogP contribution < -0.4 is 0 Å². The Balaban J connectivity index is 1.57. The molecule has 3 rings (SSSR count). The first-order valence-electron chi connectivity index (χ1n) is 8.44. The van der Waals surface area contributed by atoms with Gasteiger partial charge in [-0.25, -0.2) is 0 Å². The minimum atomic E-state index is 1.01. The lowest BCUT2D eigenvalue weighted by Gasteiger charge is -2.21. The Labute approximate surface area is 138 Å². The Kier molecular flexibility index (Phi) is 4.82. The monoisotopic (exact) mass is 316 g/mol. The highest BCUT2D eigenvalue weighted by atomic mass is 15.3. The van der Waals surface area contributed by atoms with E-state index in [2.05, 4.69) is 33.8 Å². The molecule has 0 bridgehead atoms. The Morgan fingerprint density at radius 2 is 1.22 bits per heavy atom. The van der Waals surface area contributed by atoms with E-state index in [4.69, 9.17) is 0 Å². The second-order valence-electron chi connectivity index (χ2n) is 6.66. The summed E-state index contributed by atoms with van der Waals surface area (Å²) < 4.78 is 3.93. The topological polar surface area (TPSA) is 42.1 Å². The zero-order valence-corrected chi connectivity index (χ0v) is 14.8. The molecule has 126 valence electrons. The van der Waals surface area contributed by atoms with Crippen LogP contribution in [-0.2, 0) is 27.2 Å². The maximum absolute atomic E-state index is 4.36. The van der Waals surface area contributed by atoms with Crippen LogP contribution in [0.2, 0.25) is 0 Å². The van der Waals surface area contributed by atoms with Crippen LogP contribution >= 0.6 is 0 Å². The molecule has 0 amide bonds. The quantitative estimate of drug-likeness (QED) is 0.857. The number of hydrogen-bond acceptors (Lipinski definition) is 4. The van der Waals surface area contributed by atoms with E-state index in [-0.39, 0.29) is 0 Å². The van der Waals surface area contributed by atoms with E-state index in [1.165, 1.54) is 28.9 Å². The van der Waals surface area contributed by atoms with Crippen molar-refractivity contribution < 1.29 is 0 Å². The number of nitrogens with zero attached hydrogens (tertiary/aromatic N) is 6. The second kappa shape index (κ2) is 6.84. The Bertz CT molecular complexity index is 600. The standard InChI is InChI=1S/C17H28N6/c1-14-16(10-18-20(14)3)12-22-6-5-7-23(9-8-22)13-17-11-19-21(4)15(17)2/h10-11H,5-9,12-13H2,1-4H3. The summed E-state index contributed by atoms with van der Waals surface area (Å²) in [5.41, 5.74) is 5.25. The van der Waals surface area contributed by atoms with Gasteiger partial charge in [0.1, 0.15) is 0 Å². The minimum absolute atomic E-state index is 1.01. The van der Waals surface area contributed by atoms with Gasteiger partial charge in [-0.15, -0.1) is 0 Å². The Morgan fingerprint density at radius 1 is 0.783 bits per heavy atom. The Hall–Kier alpha value is -1.66. The number of aromatic nitrogens is 4. The fourth-order valence-corrected chi connectivity index (χ4v) is 3.22. The van der Waals surface area contributed by atoms with Crippen molar-refractivity contribution in [1.29, 1.82) is 0 Å². The first kappa shape index (κ1) is 16.2. The summed E-state index contributed by atoms with van der Waals surface area (Å²) in [6.45, 7) is 10.9.